The second-order valence-electron chi connectivity index (χ2n) is 4.24. The number of hydrogen-bond acceptors (Lipinski definition) is 2. The smallest absolute Gasteiger partial charge is 0.255 e. The van der Waals surface area contributed by atoms with E-state index in [1.807, 2.05) is 0 Å². The molecule has 0 aliphatic heterocycles. The Labute approximate surface area is 116 Å². The van der Waals surface area contributed by atoms with Gasteiger partial charge in [-0.25, -0.2) is 0 Å². The molecule has 0 spiro atoms. The van der Waals surface area contributed by atoms with Crippen LogP contribution in [0.3, 0.4) is 0 Å². The average molecular weight is 283 g/mol. The third-order valence-corrected chi connectivity index (χ3v) is 3.71. The lowest BCUT2D eigenvalue weighted by Crippen LogP contribution is -2.34. The standard InChI is InChI=1S/C13H12Cl2N2O/c14-11-4-1-3-10(12(11)15)13(18)17(8-2-7-16)9-5-6-9/h1,3-4,9H,2,5-6,8H2. The van der Waals surface area contributed by atoms with Crippen LogP contribution in [0.25, 0.3) is 0 Å². The van der Waals surface area contributed by atoms with Crippen molar-refractivity contribution >= 4 is 29.1 Å². The fourth-order valence-corrected chi connectivity index (χ4v) is 2.21. The van der Waals surface area contributed by atoms with Crippen molar-refractivity contribution in [1.82, 2.24) is 4.90 Å². The van der Waals surface area contributed by atoms with Crippen molar-refractivity contribution in [1.29, 1.82) is 5.26 Å². The summed E-state index contributed by atoms with van der Waals surface area (Å²) in [6, 6.07) is 7.33. The van der Waals surface area contributed by atoms with Crippen molar-refractivity contribution < 1.29 is 4.79 Å². The highest BCUT2D eigenvalue weighted by atomic mass is 35.5. The van der Waals surface area contributed by atoms with E-state index in [4.69, 9.17) is 28.5 Å². The second kappa shape index (κ2) is 5.60. The van der Waals surface area contributed by atoms with Crippen molar-refractivity contribution in [3.63, 3.8) is 0 Å². The van der Waals surface area contributed by atoms with Crippen LogP contribution in [-0.4, -0.2) is 23.4 Å². The molecule has 1 saturated carbocycles. The van der Waals surface area contributed by atoms with Gasteiger partial charge in [-0.3, -0.25) is 4.79 Å². The summed E-state index contributed by atoms with van der Waals surface area (Å²) < 4.78 is 0. The van der Waals surface area contributed by atoms with Crippen LogP contribution < -0.4 is 0 Å². The second-order valence-corrected chi connectivity index (χ2v) is 5.02. The number of hydrogen-bond donors (Lipinski definition) is 0. The molecular formula is C13H12Cl2N2O. The maximum absolute atomic E-state index is 12.4. The third-order valence-electron chi connectivity index (χ3n) is 2.90. The minimum atomic E-state index is -0.139. The lowest BCUT2D eigenvalue weighted by Gasteiger charge is -2.21. The van der Waals surface area contributed by atoms with Crippen LogP contribution >= 0.6 is 23.2 Å². The van der Waals surface area contributed by atoms with E-state index < -0.39 is 0 Å². The number of rotatable bonds is 4. The highest BCUT2D eigenvalue weighted by Gasteiger charge is 2.33. The number of carbonyl (C=O) groups is 1. The minimum absolute atomic E-state index is 0.139. The summed E-state index contributed by atoms with van der Waals surface area (Å²) in [7, 11) is 0. The van der Waals surface area contributed by atoms with Gasteiger partial charge in [-0.1, -0.05) is 29.3 Å². The summed E-state index contributed by atoms with van der Waals surface area (Å²) in [5.74, 6) is -0.139. The molecule has 0 saturated heterocycles. The Morgan fingerprint density at radius 2 is 2.17 bits per heavy atom. The molecule has 3 nitrogen and oxygen atoms in total. The maximum Gasteiger partial charge on any atom is 0.255 e. The Balaban J connectivity index is 2.22. The topological polar surface area (TPSA) is 44.1 Å². The highest BCUT2D eigenvalue weighted by Crippen LogP contribution is 2.31. The van der Waals surface area contributed by atoms with E-state index in [1.165, 1.54) is 0 Å². The van der Waals surface area contributed by atoms with Crippen molar-refractivity contribution in [2.45, 2.75) is 25.3 Å². The highest BCUT2D eigenvalue weighted by molar-refractivity contribution is 6.43. The van der Waals surface area contributed by atoms with E-state index in [1.54, 1.807) is 23.1 Å². The Hall–Kier alpha value is -1.24. The zero-order chi connectivity index (χ0) is 13.1. The molecule has 0 heterocycles. The van der Waals surface area contributed by atoms with E-state index >= 15 is 0 Å². The normalized spacial score (nSPS) is 14.1. The van der Waals surface area contributed by atoms with Gasteiger partial charge in [0.15, 0.2) is 0 Å². The van der Waals surface area contributed by atoms with Crippen LogP contribution in [0.5, 0.6) is 0 Å². The van der Waals surface area contributed by atoms with E-state index in [0.29, 0.717) is 23.6 Å². The van der Waals surface area contributed by atoms with Gasteiger partial charge in [-0.2, -0.15) is 5.26 Å². The van der Waals surface area contributed by atoms with Gasteiger partial charge in [-0.15, -0.1) is 0 Å². The predicted octanol–water partition coefficient (Wildman–Crippen LogP) is 3.51. The molecule has 0 bridgehead atoms. The number of nitrogens with zero attached hydrogens (tertiary/aromatic N) is 2. The Morgan fingerprint density at radius 3 is 2.78 bits per heavy atom. The van der Waals surface area contributed by atoms with Crippen LogP contribution in [0, 0.1) is 11.3 Å². The fourth-order valence-electron chi connectivity index (χ4n) is 1.83. The molecule has 1 aromatic carbocycles. The lowest BCUT2D eigenvalue weighted by atomic mass is 10.2. The molecule has 0 aromatic heterocycles. The molecule has 0 atom stereocenters. The molecule has 18 heavy (non-hydrogen) atoms. The molecule has 2 rings (SSSR count). The SMILES string of the molecule is N#CCCN(C(=O)c1cccc(Cl)c1Cl)C1CC1. The van der Waals surface area contributed by atoms with Crippen molar-refractivity contribution in [2.75, 3.05) is 6.54 Å². The third kappa shape index (κ3) is 2.77. The van der Waals surface area contributed by atoms with E-state index in [-0.39, 0.29) is 17.0 Å². The summed E-state index contributed by atoms with van der Waals surface area (Å²) in [5.41, 5.74) is 0.411. The minimum Gasteiger partial charge on any atom is -0.335 e. The molecule has 0 radical (unpaired) electrons. The van der Waals surface area contributed by atoms with Crippen molar-refractivity contribution in [3.05, 3.63) is 33.8 Å². The van der Waals surface area contributed by atoms with E-state index in [9.17, 15) is 4.79 Å². The molecule has 1 amide bonds. The van der Waals surface area contributed by atoms with Crippen molar-refractivity contribution in [3.8, 4) is 6.07 Å². The van der Waals surface area contributed by atoms with Crippen LogP contribution in [0.4, 0.5) is 0 Å². The van der Waals surface area contributed by atoms with Gasteiger partial charge in [-0.05, 0) is 25.0 Å². The monoisotopic (exact) mass is 282 g/mol. The van der Waals surface area contributed by atoms with Crippen LogP contribution in [0.15, 0.2) is 18.2 Å². The number of amides is 1. The number of halogens is 2. The van der Waals surface area contributed by atoms with Gasteiger partial charge >= 0.3 is 0 Å². The van der Waals surface area contributed by atoms with Gasteiger partial charge in [0.1, 0.15) is 0 Å². The first-order valence-electron chi connectivity index (χ1n) is 5.77. The number of benzene rings is 1. The van der Waals surface area contributed by atoms with Crippen LogP contribution in [0.1, 0.15) is 29.6 Å². The molecule has 1 fully saturated rings. The molecule has 1 aromatic rings. The van der Waals surface area contributed by atoms with E-state index in [0.717, 1.165) is 12.8 Å². The first kappa shape index (κ1) is 13.2. The van der Waals surface area contributed by atoms with Gasteiger partial charge in [0.2, 0.25) is 0 Å². The Kier molecular flexibility index (Phi) is 4.11. The summed E-state index contributed by atoms with van der Waals surface area (Å²) in [5, 5.41) is 9.29. The van der Waals surface area contributed by atoms with Gasteiger partial charge < -0.3 is 4.90 Å². The van der Waals surface area contributed by atoms with Crippen molar-refractivity contribution in [2.24, 2.45) is 0 Å². The molecular weight excluding hydrogens is 271 g/mol. The van der Waals surface area contributed by atoms with Gasteiger partial charge in [0.25, 0.3) is 5.91 Å². The zero-order valence-electron chi connectivity index (χ0n) is 9.70. The van der Waals surface area contributed by atoms with Gasteiger partial charge in [0, 0.05) is 12.6 Å². The van der Waals surface area contributed by atoms with E-state index in [2.05, 4.69) is 6.07 Å². The van der Waals surface area contributed by atoms with Crippen LogP contribution in [0.2, 0.25) is 10.0 Å². The predicted molar refractivity (Wildman–Crippen MR) is 70.8 cm³/mol. The first-order valence-corrected chi connectivity index (χ1v) is 6.52. The molecule has 94 valence electrons. The number of carbonyl (C=O) groups excluding carboxylic acids is 1. The molecule has 0 unspecified atom stereocenters. The first-order chi connectivity index (χ1) is 8.65. The maximum atomic E-state index is 12.4. The lowest BCUT2D eigenvalue weighted by molar-refractivity contribution is 0.0747. The summed E-state index contributed by atoms with van der Waals surface area (Å²) in [6.45, 7) is 0.447. The number of nitriles is 1. The molecule has 1 aliphatic carbocycles. The molecule has 5 heteroatoms. The quantitative estimate of drug-likeness (QED) is 0.848. The Bertz CT molecular complexity index is 506. The summed E-state index contributed by atoms with van der Waals surface area (Å²) in [4.78, 5) is 14.1. The Morgan fingerprint density at radius 1 is 1.44 bits per heavy atom. The van der Waals surface area contributed by atoms with Gasteiger partial charge in [0.05, 0.1) is 28.1 Å². The average Bonchev–Trinajstić information content (AvgIpc) is 3.17. The molecule has 1 aliphatic rings. The summed E-state index contributed by atoms with van der Waals surface area (Å²) in [6.07, 6.45) is 2.32. The zero-order valence-corrected chi connectivity index (χ0v) is 11.2. The summed E-state index contributed by atoms with van der Waals surface area (Å²) >= 11 is 12.0. The fraction of sp³-hybridized carbons (Fsp3) is 0.385. The largest absolute Gasteiger partial charge is 0.335 e. The molecule has 0 N–H and O–H groups in total. The van der Waals surface area contributed by atoms with Crippen LogP contribution in [-0.2, 0) is 0 Å².